The summed E-state index contributed by atoms with van der Waals surface area (Å²) < 4.78 is 5.10. The molecule has 0 N–H and O–H groups in total. The van der Waals surface area contributed by atoms with Crippen molar-refractivity contribution in [1.82, 2.24) is 0 Å². The van der Waals surface area contributed by atoms with E-state index < -0.39 is 0 Å². The van der Waals surface area contributed by atoms with Crippen LogP contribution in [0, 0.1) is 6.92 Å². The lowest BCUT2D eigenvalue weighted by molar-refractivity contribution is 0.415. The van der Waals surface area contributed by atoms with Crippen LogP contribution in [0.3, 0.4) is 0 Å². The van der Waals surface area contributed by atoms with Crippen molar-refractivity contribution in [1.29, 1.82) is 0 Å². The molecule has 0 saturated carbocycles. The summed E-state index contributed by atoms with van der Waals surface area (Å²) >= 11 is 6.05. The van der Waals surface area contributed by atoms with E-state index in [1.165, 1.54) is 5.56 Å². The number of ether oxygens (including phenoxy) is 1. The Morgan fingerprint density at radius 1 is 1.11 bits per heavy atom. The Labute approximate surface area is 112 Å². The lowest BCUT2D eigenvalue weighted by Gasteiger charge is -2.02. The van der Waals surface area contributed by atoms with Gasteiger partial charge < -0.3 is 4.74 Å². The zero-order chi connectivity index (χ0) is 13.0. The smallest absolute Gasteiger partial charge is 0.137 e. The standard InChI is InChI=1S/C15H14ClNO/c1-11-3-6-13(7-4-11)17-10-12-5-8-15(18-2)14(16)9-12/h3-10H,1-2H3. The van der Waals surface area contributed by atoms with Gasteiger partial charge in [0.05, 0.1) is 17.8 Å². The van der Waals surface area contributed by atoms with Crippen molar-refractivity contribution in [2.45, 2.75) is 6.92 Å². The summed E-state index contributed by atoms with van der Waals surface area (Å²) in [5, 5.41) is 0.588. The van der Waals surface area contributed by atoms with Crippen LogP contribution in [0.5, 0.6) is 5.75 Å². The second kappa shape index (κ2) is 5.69. The summed E-state index contributed by atoms with van der Waals surface area (Å²) in [6, 6.07) is 13.6. The van der Waals surface area contributed by atoms with Crippen molar-refractivity contribution in [2.75, 3.05) is 7.11 Å². The molecule has 0 aromatic heterocycles. The molecule has 0 aliphatic rings. The lowest BCUT2D eigenvalue weighted by atomic mass is 10.2. The maximum Gasteiger partial charge on any atom is 0.137 e. The minimum atomic E-state index is 0.588. The van der Waals surface area contributed by atoms with Crippen molar-refractivity contribution in [3.8, 4) is 5.75 Å². The van der Waals surface area contributed by atoms with Crippen molar-refractivity contribution < 1.29 is 4.74 Å². The molecular formula is C15H14ClNO. The number of hydrogen-bond acceptors (Lipinski definition) is 2. The van der Waals surface area contributed by atoms with Crippen molar-refractivity contribution in [3.05, 3.63) is 58.6 Å². The maximum atomic E-state index is 6.05. The summed E-state index contributed by atoms with van der Waals surface area (Å²) in [7, 11) is 1.60. The minimum absolute atomic E-state index is 0.588. The second-order valence-corrected chi connectivity index (χ2v) is 4.39. The third-order valence-electron chi connectivity index (χ3n) is 2.57. The Hall–Kier alpha value is -1.80. The summed E-state index contributed by atoms with van der Waals surface area (Å²) in [5.41, 5.74) is 3.09. The average Bonchev–Trinajstić information content (AvgIpc) is 2.38. The van der Waals surface area contributed by atoms with Crippen LogP contribution in [0.1, 0.15) is 11.1 Å². The van der Waals surface area contributed by atoms with Crippen LogP contribution in [0.15, 0.2) is 47.5 Å². The average molecular weight is 260 g/mol. The van der Waals surface area contributed by atoms with E-state index in [1.807, 2.05) is 42.5 Å². The fraction of sp³-hybridized carbons (Fsp3) is 0.133. The quantitative estimate of drug-likeness (QED) is 0.749. The number of benzene rings is 2. The molecule has 0 heterocycles. The molecule has 0 aliphatic heterocycles. The molecule has 2 rings (SSSR count). The molecule has 0 saturated heterocycles. The van der Waals surface area contributed by atoms with Gasteiger partial charge in [0.15, 0.2) is 0 Å². The number of aliphatic imine (C=N–C) groups is 1. The van der Waals surface area contributed by atoms with Gasteiger partial charge in [-0.3, -0.25) is 4.99 Å². The fourth-order valence-corrected chi connectivity index (χ4v) is 1.81. The van der Waals surface area contributed by atoms with Crippen LogP contribution < -0.4 is 4.74 Å². The number of hydrogen-bond donors (Lipinski definition) is 0. The molecule has 0 bridgehead atoms. The summed E-state index contributed by atoms with van der Waals surface area (Å²) in [6.45, 7) is 2.05. The van der Waals surface area contributed by atoms with E-state index in [1.54, 1.807) is 13.3 Å². The van der Waals surface area contributed by atoms with Gasteiger partial charge in [0.2, 0.25) is 0 Å². The molecule has 18 heavy (non-hydrogen) atoms. The Morgan fingerprint density at radius 2 is 1.83 bits per heavy atom. The van der Waals surface area contributed by atoms with Gasteiger partial charge in [-0.05, 0) is 42.8 Å². The van der Waals surface area contributed by atoms with E-state index in [0.717, 1.165) is 11.3 Å². The second-order valence-electron chi connectivity index (χ2n) is 3.99. The predicted molar refractivity (Wildman–Crippen MR) is 76.4 cm³/mol. The molecule has 92 valence electrons. The molecule has 2 nitrogen and oxygen atoms in total. The van der Waals surface area contributed by atoms with Crippen LogP contribution in [0.25, 0.3) is 0 Å². The molecular weight excluding hydrogens is 246 g/mol. The monoisotopic (exact) mass is 259 g/mol. The first kappa shape index (κ1) is 12.7. The molecule has 0 atom stereocenters. The Bertz CT molecular complexity index is 561. The van der Waals surface area contributed by atoms with Crippen molar-refractivity contribution in [2.24, 2.45) is 4.99 Å². The normalized spacial score (nSPS) is 10.8. The summed E-state index contributed by atoms with van der Waals surface area (Å²) in [6.07, 6.45) is 1.79. The Morgan fingerprint density at radius 3 is 2.44 bits per heavy atom. The van der Waals surface area contributed by atoms with Crippen LogP contribution in [-0.2, 0) is 0 Å². The van der Waals surface area contributed by atoms with Crippen LogP contribution in [-0.4, -0.2) is 13.3 Å². The van der Waals surface area contributed by atoms with Gasteiger partial charge in [0.25, 0.3) is 0 Å². The zero-order valence-electron chi connectivity index (χ0n) is 10.4. The van der Waals surface area contributed by atoms with E-state index in [2.05, 4.69) is 11.9 Å². The molecule has 0 amide bonds. The predicted octanol–water partition coefficient (Wildman–Crippen LogP) is 4.41. The minimum Gasteiger partial charge on any atom is -0.495 e. The zero-order valence-corrected chi connectivity index (χ0v) is 11.1. The third kappa shape index (κ3) is 3.11. The van der Waals surface area contributed by atoms with Crippen molar-refractivity contribution in [3.63, 3.8) is 0 Å². The van der Waals surface area contributed by atoms with E-state index in [4.69, 9.17) is 16.3 Å². The molecule has 0 fully saturated rings. The molecule has 3 heteroatoms. The topological polar surface area (TPSA) is 21.6 Å². The first-order valence-corrected chi connectivity index (χ1v) is 6.01. The molecule has 2 aromatic carbocycles. The number of halogens is 1. The van der Waals surface area contributed by atoms with E-state index in [9.17, 15) is 0 Å². The molecule has 0 aliphatic carbocycles. The van der Waals surface area contributed by atoms with Gasteiger partial charge in [-0.15, -0.1) is 0 Å². The Balaban J connectivity index is 2.18. The van der Waals surface area contributed by atoms with Gasteiger partial charge in [-0.25, -0.2) is 0 Å². The molecule has 0 radical (unpaired) electrons. The lowest BCUT2D eigenvalue weighted by Crippen LogP contribution is -1.86. The van der Waals surface area contributed by atoms with E-state index in [0.29, 0.717) is 10.8 Å². The first-order valence-electron chi connectivity index (χ1n) is 5.63. The highest BCUT2D eigenvalue weighted by Crippen LogP contribution is 2.24. The first-order chi connectivity index (χ1) is 8.69. The van der Waals surface area contributed by atoms with Gasteiger partial charge in [0, 0.05) is 6.21 Å². The fourth-order valence-electron chi connectivity index (χ4n) is 1.54. The highest BCUT2D eigenvalue weighted by Gasteiger charge is 1.99. The third-order valence-corrected chi connectivity index (χ3v) is 2.87. The molecule has 0 unspecified atom stereocenters. The van der Waals surface area contributed by atoms with Crippen LogP contribution in [0.4, 0.5) is 5.69 Å². The highest BCUT2D eigenvalue weighted by molar-refractivity contribution is 6.32. The highest BCUT2D eigenvalue weighted by atomic mass is 35.5. The largest absolute Gasteiger partial charge is 0.495 e. The van der Waals surface area contributed by atoms with Gasteiger partial charge in [-0.2, -0.15) is 0 Å². The Kier molecular flexibility index (Phi) is 4.00. The van der Waals surface area contributed by atoms with Gasteiger partial charge >= 0.3 is 0 Å². The number of rotatable bonds is 3. The number of aryl methyl sites for hydroxylation is 1. The van der Waals surface area contributed by atoms with Crippen molar-refractivity contribution >= 4 is 23.5 Å². The maximum absolute atomic E-state index is 6.05. The van der Waals surface area contributed by atoms with E-state index in [-0.39, 0.29) is 0 Å². The van der Waals surface area contributed by atoms with Crippen LogP contribution >= 0.6 is 11.6 Å². The van der Waals surface area contributed by atoms with Crippen LogP contribution in [0.2, 0.25) is 5.02 Å². The van der Waals surface area contributed by atoms with Gasteiger partial charge in [0.1, 0.15) is 5.75 Å². The number of methoxy groups -OCH3 is 1. The van der Waals surface area contributed by atoms with E-state index >= 15 is 0 Å². The SMILES string of the molecule is COc1ccc(C=Nc2ccc(C)cc2)cc1Cl. The number of nitrogens with zero attached hydrogens (tertiary/aromatic N) is 1. The molecule has 2 aromatic rings. The molecule has 0 spiro atoms. The summed E-state index contributed by atoms with van der Waals surface area (Å²) in [5.74, 6) is 0.671. The summed E-state index contributed by atoms with van der Waals surface area (Å²) in [4.78, 5) is 4.39. The van der Waals surface area contributed by atoms with Gasteiger partial charge in [-0.1, -0.05) is 29.3 Å².